The van der Waals surface area contributed by atoms with E-state index in [0.29, 0.717) is 0 Å². The van der Waals surface area contributed by atoms with Crippen molar-refractivity contribution < 1.29 is 0 Å². The van der Waals surface area contributed by atoms with Crippen LogP contribution in [0.15, 0.2) is 53.0 Å². The van der Waals surface area contributed by atoms with Gasteiger partial charge in [0.25, 0.3) is 0 Å². The molecule has 3 heteroatoms. The van der Waals surface area contributed by atoms with Crippen molar-refractivity contribution >= 4 is 15.9 Å². The van der Waals surface area contributed by atoms with Gasteiger partial charge in [-0.15, -0.1) is 0 Å². The molecule has 1 unspecified atom stereocenters. The predicted molar refractivity (Wildman–Crippen MR) is 74.5 cm³/mol. The van der Waals surface area contributed by atoms with Crippen LogP contribution in [0.25, 0.3) is 0 Å². The van der Waals surface area contributed by atoms with Crippen molar-refractivity contribution in [3.63, 3.8) is 0 Å². The molecule has 0 aliphatic carbocycles. The highest BCUT2D eigenvalue weighted by Gasteiger charge is 2.11. The molecule has 88 valence electrons. The van der Waals surface area contributed by atoms with E-state index in [-0.39, 0.29) is 6.04 Å². The van der Waals surface area contributed by atoms with Gasteiger partial charge in [0, 0.05) is 4.47 Å². The Kier molecular flexibility index (Phi) is 3.94. The fourth-order valence-electron chi connectivity index (χ4n) is 1.83. The molecule has 17 heavy (non-hydrogen) atoms. The Morgan fingerprint density at radius 1 is 1.06 bits per heavy atom. The summed E-state index contributed by atoms with van der Waals surface area (Å²) in [5, 5.41) is 0. The SMILES string of the molecule is Cc1ccc(C(NN)c2cccc(Br)c2)cc1. The van der Waals surface area contributed by atoms with Gasteiger partial charge in [-0.05, 0) is 30.2 Å². The quantitative estimate of drug-likeness (QED) is 0.672. The first kappa shape index (κ1) is 12.3. The molecule has 0 aromatic heterocycles. The van der Waals surface area contributed by atoms with E-state index in [9.17, 15) is 0 Å². The van der Waals surface area contributed by atoms with Gasteiger partial charge in [0.05, 0.1) is 6.04 Å². The Labute approximate surface area is 110 Å². The number of halogens is 1. The molecule has 0 spiro atoms. The van der Waals surface area contributed by atoms with Crippen LogP contribution < -0.4 is 11.3 Å². The number of aryl methyl sites for hydroxylation is 1. The first-order valence-corrected chi connectivity index (χ1v) is 6.28. The standard InChI is InChI=1S/C14H15BrN2/c1-10-5-7-11(8-6-10)14(17-16)12-3-2-4-13(15)9-12/h2-9,14,17H,16H2,1H3. The van der Waals surface area contributed by atoms with Crippen molar-refractivity contribution in [3.8, 4) is 0 Å². The van der Waals surface area contributed by atoms with E-state index in [0.717, 1.165) is 15.6 Å². The molecule has 2 rings (SSSR count). The summed E-state index contributed by atoms with van der Waals surface area (Å²) in [5.74, 6) is 5.66. The highest BCUT2D eigenvalue weighted by Crippen LogP contribution is 2.24. The fourth-order valence-corrected chi connectivity index (χ4v) is 2.25. The minimum Gasteiger partial charge on any atom is -0.271 e. The number of benzene rings is 2. The normalized spacial score (nSPS) is 12.4. The second-order valence-electron chi connectivity index (χ2n) is 4.07. The number of hydrogen-bond acceptors (Lipinski definition) is 2. The summed E-state index contributed by atoms with van der Waals surface area (Å²) >= 11 is 3.48. The second kappa shape index (κ2) is 5.45. The number of hydrazine groups is 1. The van der Waals surface area contributed by atoms with Gasteiger partial charge < -0.3 is 0 Å². The Bertz CT molecular complexity index is 494. The fraction of sp³-hybridized carbons (Fsp3) is 0.143. The summed E-state index contributed by atoms with van der Waals surface area (Å²) < 4.78 is 1.06. The summed E-state index contributed by atoms with van der Waals surface area (Å²) in [6, 6.07) is 16.6. The Morgan fingerprint density at radius 2 is 1.76 bits per heavy atom. The third kappa shape index (κ3) is 2.94. The zero-order chi connectivity index (χ0) is 12.3. The largest absolute Gasteiger partial charge is 0.271 e. The zero-order valence-electron chi connectivity index (χ0n) is 9.65. The van der Waals surface area contributed by atoms with Crippen molar-refractivity contribution in [2.75, 3.05) is 0 Å². The minimum atomic E-state index is 0.0214. The van der Waals surface area contributed by atoms with E-state index in [1.165, 1.54) is 5.56 Å². The Hall–Kier alpha value is -1.16. The molecular formula is C14H15BrN2. The van der Waals surface area contributed by atoms with E-state index in [1.807, 2.05) is 12.1 Å². The molecule has 2 aromatic rings. The van der Waals surface area contributed by atoms with Crippen LogP contribution in [0.1, 0.15) is 22.7 Å². The highest BCUT2D eigenvalue weighted by atomic mass is 79.9. The molecule has 0 amide bonds. The van der Waals surface area contributed by atoms with E-state index >= 15 is 0 Å². The second-order valence-corrected chi connectivity index (χ2v) is 4.98. The minimum absolute atomic E-state index is 0.0214. The molecule has 0 radical (unpaired) electrons. The maximum Gasteiger partial charge on any atom is 0.0710 e. The monoisotopic (exact) mass is 290 g/mol. The van der Waals surface area contributed by atoms with Crippen molar-refractivity contribution in [3.05, 3.63) is 69.7 Å². The van der Waals surface area contributed by atoms with Crippen LogP contribution in [0, 0.1) is 6.92 Å². The van der Waals surface area contributed by atoms with Crippen molar-refractivity contribution in [1.82, 2.24) is 5.43 Å². The van der Waals surface area contributed by atoms with Crippen LogP contribution in [-0.4, -0.2) is 0 Å². The van der Waals surface area contributed by atoms with E-state index in [2.05, 4.69) is 64.7 Å². The lowest BCUT2D eigenvalue weighted by molar-refractivity contribution is 0.636. The lowest BCUT2D eigenvalue weighted by Crippen LogP contribution is -2.28. The van der Waals surface area contributed by atoms with Crippen LogP contribution in [0.2, 0.25) is 0 Å². The molecule has 0 aliphatic heterocycles. The topological polar surface area (TPSA) is 38.0 Å². The van der Waals surface area contributed by atoms with Crippen LogP contribution in [0.4, 0.5) is 0 Å². The van der Waals surface area contributed by atoms with Gasteiger partial charge in [0.2, 0.25) is 0 Å². The first-order valence-electron chi connectivity index (χ1n) is 5.49. The molecule has 2 aromatic carbocycles. The smallest absolute Gasteiger partial charge is 0.0710 e. The number of nitrogens with one attached hydrogen (secondary N) is 1. The van der Waals surface area contributed by atoms with Crippen LogP contribution in [0.3, 0.4) is 0 Å². The molecule has 0 bridgehead atoms. The first-order chi connectivity index (χ1) is 8.20. The van der Waals surface area contributed by atoms with Crippen LogP contribution in [-0.2, 0) is 0 Å². The summed E-state index contributed by atoms with van der Waals surface area (Å²) in [7, 11) is 0. The third-order valence-corrected chi connectivity index (χ3v) is 3.25. The molecule has 2 nitrogen and oxygen atoms in total. The van der Waals surface area contributed by atoms with Gasteiger partial charge in [0.15, 0.2) is 0 Å². The molecule has 0 saturated carbocycles. The molecule has 0 fully saturated rings. The van der Waals surface area contributed by atoms with E-state index in [1.54, 1.807) is 0 Å². The zero-order valence-corrected chi connectivity index (χ0v) is 11.2. The highest BCUT2D eigenvalue weighted by molar-refractivity contribution is 9.10. The van der Waals surface area contributed by atoms with Gasteiger partial charge in [-0.1, -0.05) is 57.9 Å². The average molecular weight is 291 g/mol. The predicted octanol–water partition coefficient (Wildman–Crippen LogP) is 3.31. The molecule has 0 saturated heterocycles. The molecule has 0 aliphatic rings. The van der Waals surface area contributed by atoms with Gasteiger partial charge >= 0.3 is 0 Å². The molecule has 0 heterocycles. The molecule has 1 atom stereocenters. The van der Waals surface area contributed by atoms with Crippen molar-refractivity contribution in [2.45, 2.75) is 13.0 Å². The number of rotatable bonds is 3. The van der Waals surface area contributed by atoms with Gasteiger partial charge in [-0.25, -0.2) is 5.43 Å². The third-order valence-electron chi connectivity index (χ3n) is 2.76. The average Bonchev–Trinajstić information content (AvgIpc) is 2.33. The van der Waals surface area contributed by atoms with Gasteiger partial charge in [-0.3, -0.25) is 5.84 Å². The van der Waals surface area contributed by atoms with E-state index in [4.69, 9.17) is 5.84 Å². The lowest BCUT2D eigenvalue weighted by atomic mass is 9.98. The summed E-state index contributed by atoms with van der Waals surface area (Å²) in [4.78, 5) is 0. The maximum absolute atomic E-state index is 5.66. The summed E-state index contributed by atoms with van der Waals surface area (Å²) in [6.07, 6.45) is 0. The van der Waals surface area contributed by atoms with E-state index < -0.39 is 0 Å². The number of nitrogens with two attached hydrogens (primary N) is 1. The van der Waals surface area contributed by atoms with Crippen LogP contribution in [0.5, 0.6) is 0 Å². The summed E-state index contributed by atoms with van der Waals surface area (Å²) in [5.41, 5.74) is 6.42. The Morgan fingerprint density at radius 3 is 2.35 bits per heavy atom. The molecule has 3 N–H and O–H groups in total. The Balaban J connectivity index is 2.36. The maximum atomic E-state index is 5.66. The summed E-state index contributed by atoms with van der Waals surface area (Å²) in [6.45, 7) is 2.08. The molecular weight excluding hydrogens is 276 g/mol. The lowest BCUT2D eigenvalue weighted by Gasteiger charge is -2.17. The van der Waals surface area contributed by atoms with Crippen LogP contribution >= 0.6 is 15.9 Å². The van der Waals surface area contributed by atoms with Crippen molar-refractivity contribution in [2.24, 2.45) is 5.84 Å². The van der Waals surface area contributed by atoms with Gasteiger partial charge in [0.1, 0.15) is 0 Å². The number of hydrogen-bond donors (Lipinski definition) is 2. The van der Waals surface area contributed by atoms with Gasteiger partial charge in [-0.2, -0.15) is 0 Å². The van der Waals surface area contributed by atoms with Crippen molar-refractivity contribution in [1.29, 1.82) is 0 Å².